The van der Waals surface area contributed by atoms with Gasteiger partial charge in [0.05, 0.1) is 27.8 Å². The Kier molecular flexibility index (Phi) is 6.11. The Bertz CT molecular complexity index is 949. The standard InChI is InChI=1S/C17H12Cl4N4O2/c18-8-1-3-12(10(20)5-8)22-16(27)14-7-15(26)25-17(24-14)23-13-4-2-9(19)6-11(13)21/h1-6,14H,7H2,(H,22,27)(H2,23,24,25,26)/t14-/m0/s1. The largest absolute Gasteiger partial charge is 0.325 e. The quantitative estimate of drug-likeness (QED) is 0.645. The topological polar surface area (TPSA) is 82.6 Å². The molecule has 0 saturated carbocycles. The molecule has 0 radical (unpaired) electrons. The highest BCUT2D eigenvalue weighted by Gasteiger charge is 2.27. The van der Waals surface area contributed by atoms with E-state index in [2.05, 4.69) is 20.9 Å². The summed E-state index contributed by atoms with van der Waals surface area (Å²) in [5.74, 6) is -0.728. The number of guanidine groups is 1. The number of nitrogens with zero attached hydrogens (tertiary/aromatic N) is 1. The van der Waals surface area contributed by atoms with Gasteiger partial charge in [0.1, 0.15) is 6.04 Å². The zero-order chi connectivity index (χ0) is 19.6. The van der Waals surface area contributed by atoms with Gasteiger partial charge in [-0.3, -0.25) is 14.9 Å². The maximum atomic E-state index is 12.5. The van der Waals surface area contributed by atoms with Gasteiger partial charge in [0.25, 0.3) is 0 Å². The second-order valence-electron chi connectivity index (χ2n) is 5.61. The minimum absolute atomic E-state index is 0.101. The fourth-order valence-corrected chi connectivity index (χ4v) is 3.24. The van der Waals surface area contributed by atoms with Crippen molar-refractivity contribution in [1.82, 2.24) is 5.32 Å². The number of aliphatic imine (C=N–C) groups is 1. The zero-order valence-corrected chi connectivity index (χ0v) is 16.5. The average molecular weight is 446 g/mol. The highest BCUT2D eigenvalue weighted by molar-refractivity contribution is 6.37. The number of anilines is 2. The predicted octanol–water partition coefficient (Wildman–Crippen LogP) is 4.60. The lowest BCUT2D eigenvalue weighted by Crippen LogP contribution is -2.45. The third-order valence-electron chi connectivity index (χ3n) is 3.60. The molecule has 27 heavy (non-hydrogen) atoms. The predicted molar refractivity (Wildman–Crippen MR) is 109 cm³/mol. The Morgan fingerprint density at radius 2 is 1.59 bits per heavy atom. The first-order valence-corrected chi connectivity index (χ1v) is 9.18. The fraction of sp³-hybridized carbons (Fsp3) is 0.118. The van der Waals surface area contributed by atoms with E-state index < -0.39 is 11.9 Å². The first kappa shape index (κ1) is 19.8. The Labute approximate surface area is 174 Å². The highest BCUT2D eigenvalue weighted by Crippen LogP contribution is 2.27. The van der Waals surface area contributed by atoms with Crippen LogP contribution < -0.4 is 16.0 Å². The third kappa shape index (κ3) is 5.05. The van der Waals surface area contributed by atoms with Crippen molar-refractivity contribution in [2.24, 2.45) is 4.99 Å². The van der Waals surface area contributed by atoms with Crippen molar-refractivity contribution >= 4 is 75.6 Å². The monoisotopic (exact) mass is 444 g/mol. The maximum Gasteiger partial charge on any atom is 0.249 e. The van der Waals surface area contributed by atoms with E-state index in [0.717, 1.165) is 0 Å². The van der Waals surface area contributed by atoms with Crippen LogP contribution in [0.1, 0.15) is 6.42 Å². The van der Waals surface area contributed by atoms with Crippen molar-refractivity contribution in [2.75, 3.05) is 10.6 Å². The average Bonchev–Trinajstić information content (AvgIpc) is 2.59. The molecule has 0 aromatic heterocycles. The molecule has 1 heterocycles. The van der Waals surface area contributed by atoms with Gasteiger partial charge in [-0.1, -0.05) is 46.4 Å². The van der Waals surface area contributed by atoms with E-state index in [1.807, 2.05) is 0 Å². The Morgan fingerprint density at radius 3 is 2.19 bits per heavy atom. The summed E-state index contributed by atoms with van der Waals surface area (Å²) < 4.78 is 0. The van der Waals surface area contributed by atoms with Crippen molar-refractivity contribution in [3.05, 3.63) is 56.5 Å². The Morgan fingerprint density at radius 1 is 1.00 bits per heavy atom. The van der Waals surface area contributed by atoms with Gasteiger partial charge in [0, 0.05) is 10.0 Å². The normalized spacial score (nSPS) is 16.4. The number of amides is 2. The zero-order valence-electron chi connectivity index (χ0n) is 13.5. The molecule has 3 N–H and O–H groups in total. The highest BCUT2D eigenvalue weighted by atomic mass is 35.5. The number of hydrogen-bond donors (Lipinski definition) is 3. The van der Waals surface area contributed by atoms with Crippen molar-refractivity contribution in [2.45, 2.75) is 12.5 Å². The van der Waals surface area contributed by atoms with E-state index >= 15 is 0 Å². The van der Waals surface area contributed by atoms with Crippen LogP contribution in [0.15, 0.2) is 41.4 Å². The smallest absolute Gasteiger partial charge is 0.249 e. The number of rotatable bonds is 3. The lowest BCUT2D eigenvalue weighted by Gasteiger charge is -2.21. The minimum atomic E-state index is -0.931. The summed E-state index contributed by atoms with van der Waals surface area (Å²) >= 11 is 23.9. The summed E-state index contributed by atoms with van der Waals surface area (Å²) in [6.07, 6.45) is -0.101. The molecule has 0 bridgehead atoms. The van der Waals surface area contributed by atoms with Gasteiger partial charge in [0.15, 0.2) is 0 Å². The molecule has 1 aliphatic heterocycles. The van der Waals surface area contributed by atoms with Crippen molar-refractivity contribution in [1.29, 1.82) is 0 Å². The summed E-state index contributed by atoms with van der Waals surface area (Å²) in [6.45, 7) is 0. The molecule has 2 amide bonds. The van der Waals surface area contributed by atoms with Crippen molar-refractivity contribution in [3.63, 3.8) is 0 Å². The third-order valence-corrected chi connectivity index (χ3v) is 4.69. The number of carbonyl (C=O) groups is 2. The van der Waals surface area contributed by atoms with Gasteiger partial charge in [-0.15, -0.1) is 0 Å². The molecule has 2 aromatic carbocycles. The number of nitrogens with one attached hydrogen (secondary N) is 3. The molecular formula is C17H12Cl4N4O2. The van der Waals surface area contributed by atoms with E-state index in [-0.39, 0.29) is 23.3 Å². The molecule has 0 spiro atoms. The Hall–Kier alpha value is -1.99. The van der Waals surface area contributed by atoms with Gasteiger partial charge in [-0.2, -0.15) is 0 Å². The summed E-state index contributed by atoms with van der Waals surface area (Å²) in [5, 5.41) is 9.62. The van der Waals surface area contributed by atoms with E-state index in [4.69, 9.17) is 46.4 Å². The van der Waals surface area contributed by atoms with Crippen LogP contribution in [0.2, 0.25) is 20.1 Å². The van der Waals surface area contributed by atoms with E-state index in [1.54, 1.807) is 30.3 Å². The maximum absolute atomic E-state index is 12.5. The van der Waals surface area contributed by atoms with Crippen molar-refractivity contribution < 1.29 is 9.59 Å². The first-order valence-electron chi connectivity index (χ1n) is 7.67. The molecular weight excluding hydrogens is 434 g/mol. The first-order chi connectivity index (χ1) is 12.8. The van der Waals surface area contributed by atoms with Gasteiger partial charge in [-0.25, -0.2) is 4.99 Å². The van der Waals surface area contributed by atoms with E-state index in [1.165, 1.54) is 6.07 Å². The van der Waals surface area contributed by atoms with Crippen LogP contribution in [0.4, 0.5) is 11.4 Å². The van der Waals surface area contributed by atoms with Crippen LogP contribution in [0.5, 0.6) is 0 Å². The van der Waals surface area contributed by atoms with Crippen LogP contribution in [0.3, 0.4) is 0 Å². The van der Waals surface area contributed by atoms with Crippen LogP contribution in [-0.4, -0.2) is 23.8 Å². The van der Waals surface area contributed by atoms with Crippen LogP contribution in [0, 0.1) is 0 Å². The summed E-state index contributed by atoms with van der Waals surface area (Å²) in [7, 11) is 0. The SMILES string of the molecule is O=C1C[C@@H](C(=O)Nc2ccc(Cl)cc2Cl)N=C(Nc2ccc(Cl)cc2Cl)N1. The van der Waals surface area contributed by atoms with E-state index in [0.29, 0.717) is 26.4 Å². The molecule has 0 unspecified atom stereocenters. The van der Waals surface area contributed by atoms with Crippen LogP contribution >= 0.6 is 46.4 Å². The molecule has 6 nitrogen and oxygen atoms in total. The minimum Gasteiger partial charge on any atom is -0.325 e. The number of benzene rings is 2. The molecule has 0 fully saturated rings. The number of halogens is 4. The summed E-state index contributed by atoms with van der Waals surface area (Å²) in [6, 6.07) is 8.55. The molecule has 0 saturated heterocycles. The second kappa shape index (κ2) is 8.35. The lowest BCUT2D eigenvalue weighted by molar-refractivity contribution is -0.124. The van der Waals surface area contributed by atoms with Crippen LogP contribution in [-0.2, 0) is 9.59 Å². The number of carbonyl (C=O) groups excluding carboxylic acids is 2. The Balaban J connectivity index is 1.77. The summed E-state index contributed by atoms with van der Waals surface area (Å²) in [5.41, 5.74) is 0.865. The summed E-state index contributed by atoms with van der Waals surface area (Å²) in [4.78, 5) is 28.7. The lowest BCUT2D eigenvalue weighted by atomic mass is 10.1. The van der Waals surface area contributed by atoms with E-state index in [9.17, 15) is 9.59 Å². The molecule has 140 valence electrons. The van der Waals surface area contributed by atoms with Gasteiger partial charge >= 0.3 is 0 Å². The molecule has 1 aliphatic rings. The number of hydrogen-bond acceptors (Lipinski definition) is 4. The van der Waals surface area contributed by atoms with Gasteiger partial charge < -0.3 is 10.6 Å². The van der Waals surface area contributed by atoms with Crippen molar-refractivity contribution in [3.8, 4) is 0 Å². The molecule has 10 heteroatoms. The van der Waals surface area contributed by atoms with Gasteiger partial charge in [-0.05, 0) is 36.4 Å². The molecule has 3 rings (SSSR count). The molecule has 0 aliphatic carbocycles. The molecule has 2 aromatic rings. The molecule has 1 atom stereocenters. The second-order valence-corrected chi connectivity index (χ2v) is 7.30. The van der Waals surface area contributed by atoms with Gasteiger partial charge in [0.2, 0.25) is 17.8 Å². The van der Waals surface area contributed by atoms with Crippen LogP contribution in [0.25, 0.3) is 0 Å². The fourth-order valence-electron chi connectivity index (χ4n) is 2.33.